The van der Waals surface area contributed by atoms with Crippen LogP contribution in [0.4, 0.5) is 0 Å². The van der Waals surface area contributed by atoms with Gasteiger partial charge in [0.25, 0.3) is 0 Å². The third-order valence-corrected chi connectivity index (χ3v) is 2.80. The Balaban J connectivity index is 2.35. The summed E-state index contributed by atoms with van der Waals surface area (Å²) in [6, 6.07) is 6.89. The number of carboxylic acids is 1. The number of benzene rings is 1. The molecule has 0 amide bonds. The van der Waals surface area contributed by atoms with Crippen LogP contribution in [-0.4, -0.2) is 22.1 Å². The van der Waals surface area contributed by atoms with Crippen molar-refractivity contribution in [3.05, 3.63) is 41.7 Å². The van der Waals surface area contributed by atoms with Gasteiger partial charge in [-0.3, -0.25) is 9.78 Å². The zero-order valence-electron chi connectivity index (χ0n) is 9.55. The largest absolute Gasteiger partial charge is 0.480 e. The van der Waals surface area contributed by atoms with E-state index < -0.39 is 12.0 Å². The van der Waals surface area contributed by atoms with Crippen LogP contribution in [-0.2, 0) is 11.2 Å². The number of nitrogens with two attached hydrogens (primary N) is 1. The summed E-state index contributed by atoms with van der Waals surface area (Å²) in [6.45, 7) is 1.95. The van der Waals surface area contributed by atoms with Crippen LogP contribution in [0.2, 0.25) is 0 Å². The third-order valence-electron chi connectivity index (χ3n) is 2.80. The van der Waals surface area contributed by atoms with Gasteiger partial charge in [0.2, 0.25) is 0 Å². The van der Waals surface area contributed by atoms with Crippen molar-refractivity contribution in [2.24, 2.45) is 5.73 Å². The molecule has 88 valence electrons. The van der Waals surface area contributed by atoms with Gasteiger partial charge in [0.05, 0.1) is 0 Å². The van der Waals surface area contributed by atoms with E-state index in [2.05, 4.69) is 4.98 Å². The Bertz CT molecular complexity index is 566. The smallest absolute Gasteiger partial charge is 0.320 e. The Kier molecular flexibility index (Phi) is 3.06. The Morgan fingerprint density at radius 2 is 2.24 bits per heavy atom. The van der Waals surface area contributed by atoms with Crippen molar-refractivity contribution in [2.75, 3.05) is 0 Å². The predicted molar refractivity (Wildman–Crippen MR) is 65.8 cm³/mol. The van der Waals surface area contributed by atoms with Crippen LogP contribution in [0, 0.1) is 6.92 Å². The number of aliphatic carboxylic acids is 1. The number of hydrogen-bond acceptors (Lipinski definition) is 3. The van der Waals surface area contributed by atoms with E-state index in [0.717, 1.165) is 22.0 Å². The Morgan fingerprint density at radius 1 is 1.47 bits per heavy atom. The first-order chi connectivity index (χ1) is 8.08. The molecule has 4 heteroatoms. The molecule has 2 rings (SSSR count). The van der Waals surface area contributed by atoms with E-state index in [9.17, 15) is 4.79 Å². The number of aromatic nitrogens is 1. The maximum atomic E-state index is 10.7. The van der Waals surface area contributed by atoms with Crippen LogP contribution in [0.5, 0.6) is 0 Å². The number of rotatable bonds is 3. The second kappa shape index (κ2) is 4.51. The first kappa shape index (κ1) is 11.5. The molecule has 0 spiro atoms. The highest BCUT2D eigenvalue weighted by molar-refractivity contribution is 5.85. The molecule has 0 fully saturated rings. The quantitative estimate of drug-likeness (QED) is 0.837. The minimum Gasteiger partial charge on any atom is -0.480 e. The summed E-state index contributed by atoms with van der Waals surface area (Å²) < 4.78 is 0. The highest BCUT2D eigenvalue weighted by Gasteiger charge is 2.12. The van der Waals surface area contributed by atoms with Crippen molar-refractivity contribution in [3.63, 3.8) is 0 Å². The molecule has 1 aromatic heterocycles. The average Bonchev–Trinajstić information content (AvgIpc) is 2.29. The summed E-state index contributed by atoms with van der Waals surface area (Å²) in [5.74, 6) is -0.976. The Hall–Kier alpha value is -1.94. The zero-order valence-corrected chi connectivity index (χ0v) is 9.55. The van der Waals surface area contributed by atoms with Crippen LogP contribution in [0.25, 0.3) is 10.8 Å². The van der Waals surface area contributed by atoms with Gasteiger partial charge < -0.3 is 10.8 Å². The SMILES string of the molecule is Cc1nccc2cc(CC(N)C(=O)O)ccc12. The molecule has 0 aliphatic heterocycles. The molecular weight excluding hydrogens is 216 g/mol. The first-order valence-electron chi connectivity index (χ1n) is 5.40. The van der Waals surface area contributed by atoms with Crippen LogP contribution in [0.1, 0.15) is 11.3 Å². The molecule has 4 nitrogen and oxygen atoms in total. The number of carboxylic acid groups (broad SMARTS) is 1. The summed E-state index contributed by atoms with van der Waals surface area (Å²) in [7, 11) is 0. The maximum Gasteiger partial charge on any atom is 0.320 e. The highest BCUT2D eigenvalue weighted by atomic mass is 16.4. The fourth-order valence-corrected chi connectivity index (χ4v) is 1.85. The summed E-state index contributed by atoms with van der Waals surface area (Å²) in [5, 5.41) is 10.9. The fourth-order valence-electron chi connectivity index (χ4n) is 1.85. The molecule has 0 radical (unpaired) electrons. The molecule has 3 N–H and O–H groups in total. The number of pyridine rings is 1. The average molecular weight is 230 g/mol. The predicted octanol–water partition coefficient (Wildman–Crippen LogP) is 1.50. The van der Waals surface area contributed by atoms with Gasteiger partial charge in [-0.25, -0.2) is 0 Å². The molecule has 0 saturated carbocycles. The van der Waals surface area contributed by atoms with Gasteiger partial charge in [-0.05, 0) is 30.4 Å². The number of fused-ring (bicyclic) bond motifs is 1. The van der Waals surface area contributed by atoms with Crippen molar-refractivity contribution in [1.29, 1.82) is 0 Å². The van der Waals surface area contributed by atoms with E-state index in [1.54, 1.807) is 6.20 Å². The van der Waals surface area contributed by atoms with Gasteiger partial charge in [0.1, 0.15) is 6.04 Å². The minimum atomic E-state index is -0.976. The lowest BCUT2D eigenvalue weighted by Crippen LogP contribution is -2.32. The van der Waals surface area contributed by atoms with Gasteiger partial charge in [-0.1, -0.05) is 18.2 Å². The second-order valence-corrected chi connectivity index (χ2v) is 4.10. The molecule has 2 aromatic rings. The monoisotopic (exact) mass is 230 g/mol. The molecule has 1 aromatic carbocycles. The van der Waals surface area contributed by atoms with Gasteiger partial charge in [-0.15, -0.1) is 0 Å². The van der Waals surface area contributed by atoms with E-state index in [0.29, 0.717) is 6.42 Å². The van der Waals surface area contributed by atoms with Gasteiger partial charge in [0, 0.05) is 17.3 Å². The number of hydrogen-bond donors (Lipinski definition) is 2. The van der Waals surface area contributed by atoms with E-state index in [4.69, 9.17) is 10.8 Å². The van der Waals surface area contributed by atoms with Crippen LogP contribution >= 0.6 is 0 Å². The lowest BCUT2D eigenvalue weighted by molar-refractivity contribution is -0.138. The lowest BCUT2D eigenvalue weighted by Gasteiger charge is -2.08. The Labute approximate surface area is 99.1 Å². The minimum absolute atomic E-state index is 0.340. The van der Waals surface area contributed by atoms with Gasteiger partial charge >= 0.3 is 5.97 Å². The number of carbonyl (C=O) groups is 1. The normalized spacial score (nSPS) is 12.6. The standard InChI is InChI=1S/C13H14N2O2/c1-8-11-3-2-9(7-12(14)13(16)17)6-10(11)4-5-15-8/h2-6,12H,7,14H2,1H3,(H,16,17). The summed E-state index contributed by atoms with van der Waals surface area (Å²) in [6.07, 6.45) is 2.09. The maximum absolute atomic E-state index is 10.7. The van der Waals surface area contributed by atoms with Crippen molar-refractivity contribution in [3.8, 4) is 0 Å². The van der Waals surface area contributed by atoms with E-state index >= 15 is 0 Å². The molecule has 17 heavy (non-hydrogen) atoms. The third kappa shape index (κ3) is 2.42. The zero-order chi connectivity index (χ0) is 12.4. The highest BCUT2D eigenvalue weighted by Crippen LogP contribution is 2.18. The van der Waals surface area contributed by atoms with E-state index in [1.165, 1.54) is 0 Å². The number of nitrogens with zero attached hydrogens (tertiary/aromatic N) is 1. The summed E-state index contributed by atoms with van der Waals surface area (Å²) in [5.41, 5.74) is 7.41. The molecule has 1 atom stereocenters. The van der Waals surface area contributed by atoms with Gasteiger partial charge in [0.15, 0.2) is 0 Å². The van der Waals surface area contributed by atoms with Gasteiger partial charge in [-0.2, -0.15) is 0 Å². The van der Waals surface area contributed by atoms with Crippen LogP contribution in [0.15, 0.2) is 30.5 Å². The first-order valence-corrected chi connectivity index (χ1v) is 5.40. The molecular formula is C13H14N2O2. The summed E-state index contributed by atoms with van der Waals surface area (Å²) in [4.78, 5) is 14.9. The van der Waals surface area contributed by atoms with Crippen molar-refractivity contribution in [1.82, 2.24) is 4.98 Å². The fraction of sp³-hybridized carbons (Fsp3) is 0.231. The Morgan fingerprint density at radius 3 is 2.94 bits per heavy atom. The second-order valence-electron chi connectivity index (χ2n) is 4.10. The molecule has 0 bridgehead atoms. The van der Waals surface area contributed by atoms with E-state index in [-0.39, 0.29) is 0 Å². The number of aryl methyl sites for hydroxylation is 1. The van der Waals surface area contributed by atoms with E-state index in [1.807, 2.05) is 31.2 Å². The summed E-state index contributed by atoms with van der Waals surface area (Å²) >= 11 is 0. The van der Waals surface area contributed by atoms with Crippen LogP contribution < -0.4 is 5.73 Å². The molecule has 0 aliphatic rings. The topological polar surface area (TPSA) is 76.2 Å². The lowest BCUT2D eigenvalue weighted by atomic mass is 10.0. The van der Waals surface area contributed by atoms with Crippen molar-refractivity contribution in [2.45, 2.75) is 19.4 Å². The molecule has 1 heterocycles. The van der Waals surface area contributed by atoms with Crippen LogP contribution in [0.3, 0.4) is 0 Å². The molecule has 0 aliphatic carbocycles. The van der Waals surface area contributed by atoms with Crippen molar-refractivity contribution >= 4 is 16.7 Å². The van der Waals surface area contributed by atoms with Crippen molar-refractivity contribution < 1.29 is 9.90 Å². The molecule has 1 unspecified atom stereocenters. The molecule has 0 saturated heterocycles.